The minimum Gasteiger partial charge on any atom is -0.207 e. The van der Waals surface area contributed by atoms with E-state index in [-0.39, 0.29) is 5.56 Å². The number of alkyl halides is 1. The van der Waals surface area contributed by atoms with Crippen LogP contribution in [0.15, 0.2) is 12.1 Å². The van der Waals surface area contributed by atoms with E-state index in [1.54, 1.807) is 0 Å². The summed E-state index contributed by atoms with van der Waals surface area (Å²) in [5.41, 5.74) is 0.575. The molecule has 0 unspecified atom stereocenters. The summed E-state index contributed by atoms with van der Waals surface area (Å²) in [5.74, 6) is -0.950. The monoisotopic (exact) mass is 220 g/mol. The van der Waals surface area contributed by atoms with Gasteiger partial charge in [-0.3, -0.25) is 0 Å². The molecule has 0 heterocycles. The molecule has 11 heavy (non-hydrogen) atoms. The number of benzene rings is 1. The van der Waals surface area contributed by atoms with Crippen molar-refractivity contribution in [1.29, 1.82) is 0 Å². The molecule has 0 N–H and O–H groups in total. The summed E-state index contributed by atoms with van der Waals surface area (Å²) in [6.07, 6.45) is 0. The van der Waals surface area contributed by atoms with Crippen molar-refractivity contribution in [2.24, 2.45) is 0 Å². The van der Waals surface area contributed by atoms with Crippen LogP contribution in [0.3, 0.4) is 0 Å². The highest BCUT2D eigenvalue weighted by Gasteiger charge is 2.07. The molecule has 0 aliphatic carbocycles. The van der Waals surface area contributed by atoms with Crippen LogP contribution < -0.4 is 0 Å². The fourth-order valence-corrected chi connectivity index (χ4v) is 1.25. The van der Waals surface area contributed by atoms with Crippen LogP contribution in [0.1, 0.15) is 11.1 Å². The molecular weight excluding hydrogens is 214 g/mol. The van der Waals surface area contributed by atoms with Crippen LogP contribution in [0.25, 0.3) is 0 Å². The predicted molar refractivity (Wildman–Crippen MR) is 43.7 cm³/mol. The largest absolute Gasteiger partial charge is 0.207 e. The van der Waals surface area contributed by atoms with Gasteiger partial charge in [-0.1, -0.05) is 22.0 Å². The summed E-state index contributed by atoms with van der Waals surface area (Å²) >= 11 is 3.10. The number of rotatable bonds is 1. The first-order chi connectivity index (χ1) is 5.16. The average molecular weight is 221 g/mol. The van der Waals surface area contributed by atoms with Gasteiger partial charge in [0.1, 0.15) is 11.6 Å². The molecule has 1 aromatic carbocycles. The Morgan fingerprint density at radius 1 is 1.36 bits per heavy atom. The molecule has 0 radical (unpaired) electrons. The van der Waals surface area contributed by atoms with Crippen molar-refractivity contribution >= 4 is 15.9 Å². The van der Waals surface area contributed by atoms with Gasteiger partial charge in [0.25, 0.3) is 0 Å². The molecule has 0 saturated carbocycles. The highest BCUT2D eigenvalue weighted by Crippen LogP contribution is 2.17. The van der Waals surface area contributed by atoms with E-state index in [0.717, 1.165) is 0 Å². The standard InChI is InChI=1S/C8H7BrF2/c1-5-7(10)3-2-6(4-9)8(5)11/h2-3H,4H2,1H3. The normalized spacial score (nSPS) is 10.2. The molecular formula is C8H7BrF2. The molecule has 0 bridgehead atoms. The minimum atomic E-state index is -0.493. The Hall–Kier alpha value is -0.440. The molecule has 60 valence electrons. The van der Waals surface area contributed by atoms with Gasteiger partial charge in [-0.25, -0.2) is 8.78 Å². The Morgan fingerprint density at radius 2 is 2.00 bits per heavy atom. The van der Waals surface area contributed by atoms with Crippen molar-refractivity contribution in [3.05, 3.63) is 34.9 Å². The summed E-state index contributed by atoms with van der Waals surface area (Å²) in [5, 5.41) is 0.417. The van der Waals surface area contributed by atoms with Gasteiger partial charge in [0.2, 0.25) is 0 Å². The van der Waals surface area contributed by atoms with E-state index >= 15 is 0 Å². The van der Waals surface area contributed by atoms with Crippen LogP contribution >= 0.6 is 15.9 Å². The van der Waals surface area contributed by atoms with Crippen LogP contribution in [-0.4, -0.2) is 0 Å². The van der Waals surface area contributed by atoms with E-state index in [2.05, 4.69) is 15.9 Å². The lowest BCUT2D eigenvalue weighted by molar-refractivity contribution is 0.562. The summed E-state index contributed by atoms with van der Waals surface area (Å²) in [7, 11) is 0. The Labute approximate surface area is 72.4 Å². The molecule has 0 saturated heterocycles. The van der Waals surface area contributed by atoms with Crippen LogP contribution in [0.4, 0.5) is 8.78 Å². The summed E-state index contributed by atoms with van der Waals surface area (Å²) in [4.78, 5) is 0. The lowest BCUT2D eigenvalue weighted by Gasteiger charge is -2.02. The van der Waals surface area contributed by atoms with E-state index < -0.39 is 11.6 Å². The number of hydrogen-bond donors (Lipinski definition) is 0. The Morgan fingerprint density at radius 3 is 2.55 bits per heavy atom. The van der Waals surface area contributed by atoms with E-state index in [9.17, 15) is 8.78 Å². The maximum Gasteiger partial charge on any atom is 0.133 e. The maximum absolute atomic E-state index is 13.0. The van der Waals surface area contributed by atoms with E-state index in [1.165, 1.54) is 19.1 Å². The zero-order chi connectivity index (χ0) is 8.43. The van der Waals surface area contributed by atoms with Crippen molar-refractivity contribution in [3.63, 3.8) is 0 Å². The molecule has 1 rings (SSSR count). The fourth-order valence-electron chi connectivity index (χ4n) is 0.821. The molecule has 0 amide bonds. The van der Waals surface area contributed by atoms with E-state index in [1.807, 2.05) is 0 Å². The average Bonchev–Trinajstić information content (AvgIpc) is 2.01. The van der Waals surface area contributed by atoms with Crippen molar-refractivity contribution in [1.82, 2.24) is 0 Å². The van der Waals surface area contributed by atoms with Gasteiger partial charge in [-0.2, -0.15) is 0 Å². The van der Waals surface area contributed by atoms with Crippen LogP contribution in [-0.2, 0) is 5.33 Å². The molecule has 3 heteroatoms. The second-order valence-electron chi connectivity index (χ2n) is 2.28. The van der Waals surface area contributed by atoms with Crippen molar-refractivity contribution in [2.45, 2.75) is 12.3 Å². The smallest absolute Gasteiger partial charge is 0.133 e. The number of hydrogen-bond acceptors (Lipinski definition) is 0. The highest BCUT2D eigenvalue weighted by molar-refractivity contribution is 9.08. The van der Waals surface area contributed by atoms with Gasteiger partial charge in [0.05, 0.1) is 0 Å². The van der Waals surface area contributed by atoms with Crippen molar-refractivity contribution < 1.29 is 8.78 Å². The van der Waals surface area contributed by atoms with Crippen LogP contribution in [0.5, 0.6) is 0 Å². The third-order valence-corrected chi connectivity index (χ3v) is 2.15. The summed E-state index contributed by atoms with van der Waals surface area (Å²) < 4.78 is 25.6. The van der Waals surface area contributed by atoms with E-state index in [0.29, 0.717) is 10.9 Å². The molecule has 0 atom stereocenters. The first-order valence-electron chi connectivity index (χ1n) is 3.16. The highest BCUT2D eigenvalue weighted by atomic mass is 79.9. The molecule has 0 aliphatic heterocycles. The Kier molecular flexibility index (Phi) is 2.60. The molecule has 0 aromatic heterocycles. The van der Waals surface area contributed by atoms with Crippen LogP contribution in [0.2, 0.25) is 0 Å². The lowest BCUT2D eigenvalue weighted by Crippen LogP contribution is -1.93. The SMILES string of the molecule is Cc1c(F)ccc(CBr)c1F. The topological polar surface area (TPSA) is 0 Å². The zero-order valence-electron chi connectivity index (χ0n) is 6.00. The van der Waals surface area contributed by atoms with Gasteiger partial charge in [0.15, 0.2) is 0 Å². The second-order valence-corrected chi connectivity index (χ2v) is 2.84. The van der Waals surface area contributed by atoms with Gasteiger partial charge >= 0.3 is 0 Å². The third kappa shape index (κ3) is 1.59. The zero-order valence-corrected chi connectivity index (χ0v) is 7.58. The fraction of sp³-hybridized carbons (Fsp3) is 0.250. The van der Waals surface area contributed by atoms with Crippen molar-refractivity contribution in [3.8, 4) is 0 Å². The van der Waals surface area contributed by atoms with Crippen LogP contribution in [0, 0.1) is 18.6 Å². The second kappa shape index (κ2) is 3.30. The third-order valence-electron chi connectivity index (χ3n) is 1.54. The first kappa shape index (κ1) is 8.65. The van der Waals surface area contributed by atoms with E-state index in [4.69, 9.17) is 0 Å². The molecule has 0 fully saturated rings. The molecule has 1 aromatic rings. The molecule has 0 nitrogen and oxygen atoms in total. The van der Waals surface area contributed by atoms with Gasteiger partial charge in [-0.15, -0.1) is 0 Å². The molecule has 0 aliphatic rings. The summed E-state index contributed by atoms with van der Waals surface area (Å²) in [6.45, 7) is 1.43. The first-order valence-corrected chi connectivity index (χ1v) is 4.28. The van der Waals surface area contributed by atoms with Gasteiger partial charge in [0, 0.05) is 10.9 Å². The predicted octanol–water partition coefficient (Wildman–Crippen LogP) is 3.17. The Bertz CT molecular complexity index is 271. The lowest BCUT2D eigenvalue weighted by atomic mass is 10.1. The Balaban J connectivity index is 3.25. The number of halogens is 3. The van der Waals surface area contributed by atoms with Crippen molar-refractivity contribution in [2.75, 3.05) is 0 Å². The van der Waals surface area contributed by atoms with Gasteiger partial charge < -0.3 is 0 Å². The van der Waals surface area contributed by atoms with Gasteiger partial charge in [-0.05, 0) is 18.6 Å². The maximum atomic E-state index is 13.0. The molecule has 0 spiro atoms. The quantitative estimate of drug-likeness (QED) is 0.639. The summed E-state index contributed by atoms with van der Waals surface area (Å²) in [6, 6.07) is 2.71. The minimum absolute atomic E-state index is 0.0851.